The number of allylic oxidation sites excluding steroid dienone is 1. The maximum absolute atomic E-state index is 9.18. The third kappa shape index (κ3) is 9.49. The summed E-state index contributed by atoms with van der Waals surface area (Å²) in [5.74, 6) is 0. The first-order valence-corrected chi connectivity index (χ1v) is 4.47. The van der Waals surface area contributed by atoms with Gasteiger partial charge in [0.1, 0.15) is 0 Å². The van der Waals surface area contributed by atoms with E-state index in [2.05, 4.69) is 0 Å². The van der Waals surface area contributed by atoms with Crippen molar-refractivity contribution < 1.29 is 14.6 Å². The van der Waals surface area contributed by atoms with E-state index in [0.717, 1.165) is 0 Å². The van der Waals surface area contributed by atoms with E-state index in [0.29, 0.717) is 33.0 Å². The molecule has 4 nitrogen and oxygen atoms in total. The van der Waals surface area contributed by atoms with Gasteiger partial charge in [-0.05, 0) is 6.92 Å². The molecule has 1 unspecified atom stereocenters. The Labute approximate surface area is 79.3 Å². The first-order chi connectivity index (χ1) is 6.31. The fourth-order valence-corrected chi connectivity index (χ4v) is 0.785. The summed E-state index contributed by atoms with van der Waals surface area (Å²) < 4.78 is 10.2. The lowest BCUT2D eigenvalue weighted by Crippen LogP contribution is -2.16. The molecule has 0 amide bonds. The second-order valence-electron chi connectivity index (χ2n) is 2.57. The van der Waals surface area contributed by atoms with Gasteiger partial charge in [-0.2, -0.15) is 0 Å². The van der Waals surface area contributed by atoms with E-state index < -0.39 is 6.10 Å². The molecule has 0 bridgehead atoms. The topological polar surface area (TPSA) is 64.7 Å². The van der Waals surface area contributed by atoms with Gasteiger partial charge in [-0.25, -0.2) is 0 Å². The number of aliphatic hydroxyl groups is 1. The van der Waals surface area contributed by atoms with Crippen molar-refractivity contribution in [2.75, 3.05) is 33.0 Å². The molecule has 78 valence electrons. The fourth-order valence-electron chi connectivity index (χ4n) is 0.785. The summed E-state index contributed by atoms with van der Waals surface area (Å²) in [6.45, 7) is 4.28. The monoisotopic (exact) mass is 189 g/mol. The predicted octanol–water partition coefficient (Wildman–Crippen LogP) is -0.0847. The van der Waals surface area contributed by atoms with Crippen molar-refractivity contribution in [1.29, 1.82) is 0 Å². The summed E-state index contributed by atoms with van der Waals surface area (Å²) >= 11 is 0. The molecule has 0 aliphatic rings. The smallest absolute Gasteiger partial charge is 0.0954 e. The van der Waals surface area contributed by atoms with Crippen LogP contribution in [0.25, 0.3) is 0 Å². The van der Waals surface area contributed by atoms with Crippen molar-refractivity contribution >= 4 is 0 Å². The molecule has 0 saturated heterocycles. The van der Waals surface area contributed by atoms with Crippen LogP contribution in [0.3, 0.4) is 0 Å². The summed E-state index contributed by atoms with van der Waals surface area (Å²) in [4.78, 5) is 0. The maximum Gasteiger partial charge on any atom is 0.0954 e. The van der Waals surface area contributed by atoms with Crippen LogP contribution in [0.15, 0.2) is 12.2 Å². The van der Waals surface area contributed by atoms with E-state index in [4.69, 9.17) is 15.2 Å². The Morgan fingerprint density at radius 2 is 2.00 bits per heavy atom. The highest BCUT2D eigenvalue weighted by molar-refractivity contribution is 4.84. The second-order valence-corrected chi connectivity index (χ2v) is 2.57. The van der Waals surface area contributed by atoms with Crippen LogP contribution in [0.2, 0.25) is 0 Å². The van der Waals surface area contributed by atoms with Crippen molar-refractivity contribution in [2.24, 2.45) is 5.73 Å². The highest BCUT2D eigenvalue weighted by Gasteiger charge is 1.97. The Balaban J connectivity index is 3.06. The van der Waals surface area contributed by atoms with E-state index in [1.165, 1.54) is 0 Å². The minimum absolute atomic E-state index is 0.316. The summed E-state index contributed by atoms with van der Waals surface area (Å²) in [6.07, 6.45) is 2.96. The SMILES string of the molecule is CC=CC(O)COCCOCCN. The molecule has 0 rings (SSSR count). The molecule has 0 radical (unpaired) electrons. The lowest BCUT2D eigenvalue weighted by molar-refractivity contribution is 0.0187. The molecule has 0 aliphatic heterocycles. The van der Waals surface area contributed by atoms with Crippen molar-refractivity contribution in [3.05, 3.63) is 12.2 Å². The fraction of sp³-hybridized carbons (Fsp3) is 0.778. The molecular weight excluding hydrogens is 170 g/mol. The van der Waals surface area contributed by atoms with Crippen LogP contribution in [-0.2, 0) is 9.47 Å². The van der Waals surface area contributed by atoms with Crippen molar-refractivity contribution in [2.45, 2.75) is 13.0 Å². The summed E-state index contributed by atoms with van der Waals surface area (Å²) in [7, 11) is 0. The van der Waals surface area contributed by atoms with E-state index in [1.807, 2.05) is 6.92 Å². The van der Waals surface area contributed by atoms with Crippen molar-refractivity contribution in [3.8, 4) is 0 Å². The van der Waals surface area contributed by atoms with Crippen LogP contribution < -0.4 is 5.73 Å². The van der Waals surface area contributed by atoms with Crippen molar-refractivity contribution in [3.63, 3.8) is 0 Å². The Kier molecular flexibility index (Phi) is 9.35. The van der Waals surface area contributed by atoms with Crippen LogP contribution >= 0.6 is 0 Å². The number of aliphatic hydroxyl groups excluding tert-OH is 1. The number of hydrogen-bond acceptors (Lipinski definition) is 4. The summed E-state index contributed by atoms with van der Waals surface area (Å²) in [5, 5.41) is 9.18. The quantitative estimate of drug-likeness (QED) is 0.414. The lowest BCUT2D eigenvalue weighted by atomic mass is 10.3. The molecule has 0 aromatic carbocycles. The van der Waals surface area contributed by atoms with Gasteiger partial charge in [0.15, 0.2) is 0 Å². The highest BCUT2D eigenvalue weighted by atomic mass is 16.5. The normalized spacial score (nSPS) is 13.8. The van der Waals surface area contributed by atoms with Gasteiger partial charge in [-0.1, -0.05) is 12.2 Å². The molecule has 0 aliphatic carbocycles. The zero-order valence-corrected chi connectivity index (χ0v) is 8.11. The van der Waals surface area contributed by atoms with Gasteiger partial charge < -0.3 is 20.3 Å². The molecule has 0 saturated carbocycles. The highest BCUT2D eigenvalue weighted by Crippen LogP contribution is 1.88. The van der Waals surface area contributed by atoms with Crippen molar-refractivity contribution in [1.82, 2.24) is 0 Å². The average molecular weight is 189 g/mol. The van der Waals surface area contributed by atoms with E-state index in [-0.39, 0.29) is 0 Å². The molecule has 1 atom stereocenters. The van der Waals surface area contributed by atoms with Crippen LogP contribution in [0, 0.1) is 0 Å². The maximum atomic E-state index is 9.18. The second kappa shape index (κ2) is 9.67. The number of hydrogen-bond donors (Lipinski definition) is 2. The van der Waals surface area contributed by atoms with Gasteiger partial charge in [0, 0.05) is 6.54 Å². The molecule has 0 fully saturated rings. The van der Waals surface area contributed by atoms with Crippen LogP contribution in [0.5, 0.6) is 0 Å². The first kappa shape index (κ1) is 12.6. The van der Waals surface area contributed by atoms with Gasteiger partial charge in [0.2, 0.25) is 0 Å². The van der Waals surface area contributed by atoms with Gasteiger partial charge in [-0.3, -0.25) is 0 Å². The molecule has 0 heterocycles. The minimum Gasteiger partial charge on any atom is -0.387 e. The van der Waals surface area contributed by atoms with Gasteiger partial charge in [-0.15, -0.1) is 0 Å². The zero-order valence-electron chi connectivity index (χ0n) is 8.11. The van der Waals surface area contributed by atoms with Gasteiger partial charge in [0.05, 0.1) is 32.5 Å². The Hall–Kier alpha value is -0.420. The molecule has 4 heteroatoms. The number of ether oxygens (including phenoxy) is 2. The Morgan fingerprint density at radius 1 is 1.31 bits per heavy atom. The molecule has 3 N–H and O–H groups in total. The number of rotatable bonds is 8. The summed E-state index contributed by atoms with van der Waals surface area (Å²) in [5.41, 5.74) is 5.22. The average Bonchev–Trinajstić information content (AvgIpc) is 2.11. The van der Waals surface area contributed by atoms with Crippen LogP contribution in [0.1, 0.15) is 6.92 Å². The summed E-state index contributed by atoms with van der Waals surface area (Å²) in [6, 6.07) is 0. The molecule has 0 aromatic heterocycles. The minimum atomic E-state index is -0.514. The van der Waals surface area contributed by atoms with Crippen LogP contribution in [0.4, 0.5) is 0 Å². The largest absolute Gasteiger partial charge is 0.387 e. The Bertz CT molecular complexity index is 128. The molecule has 0 aromatic rings. The van der Waals surface area contributed by atoms with Gasteiger partial charge >= 0.3 is 0 Å². The van der Waals surface area contributed by atoms with Crippen LogP contribution in [-0.4, -0.2) is 44.2 Å². The van der Waals surface area contributed by atoms with E-state index in [9.17, 15) is 5.11 Å². The standard InChI is InChI=1S/C9H19NO3/c1-2-3-9(11)8-13-7-6-12-5-4-10/h2-3,9,11H,4-8,10H2,1H3. The zero-order chi connectivity index (χ0) is 9.94. The molecule has 13 heavy (non-hydrogen) atoms. The first-order valence-electron chi connectivity index (χ1n) is 4.47. The third-order valence-electron chi connectivity index (χ3n) is 1.34. The third-order valence-corrected chi connectivity index (χ3v) is 1.34. The molecule has 0 spiro atoms. The number of nitrogens with two attached hydrogens (primary N) is 1. The van der Waals surface area contributed by atoms with E-state index in [1.54, 1.807) is 12.2 Å². The Morgan fingerprint density at radius 3 is 2.62 bits per heavy atom. The van der Waals surface area contributed by atoms with E-state index >= 15 is 0 Å². The molecular formula is C9H19NO3. The lowest BCUT2D eigenvalue weighted by Gasteiger charge is -2.07. The predicted molar refractivity (Wildman–Crippen MR) is 51.5 cm³/mol. The van der Waals surface area contributed by atoms with Gasteiger partial charge in [0.25, 0.3) is 0 Å².